The van der Waals surface area contributed by atoms with Gasteiger partial charge in [0.1, 0.15) is 4.90 Å². The van der Waals surface area contributed by atoms with Crippen LogP contribution in [0.1, 0.15) is 18.1 Å². The Morgan fingerprint density at radius 3 is 1.64 bits per heavy atom. The van der Waals surface area contributed by atoms with Gasteiger partial charge in [-0.1, -0.05) is 19.4 Å². The molecule has 18 heteroatoms. The Labute approximate surface area is 195 Å². The molecule has 2 aromatic rings. The predicted molar refractivity (Wildman–Crippen MR) is 106 cm³/mol. The van der Waals surface area contributed by atoms with E-state index in [4.69, 9.17) is 0 Å². The molecule has 0 spiro atoms. The monoisotopic (exact) mass is 581 g/mol. The lowest BCUT2D eigenvalue weighted by Crippen LogP contribution is -2.45. The fraction of sp³-hybridized carbons (Fsp3) is 0.278. The minimum absolute atomic E-state index is 0.107. The lowest BCUT2D eigenvalue weighted by molar-refractivity contribution is -0.143. The molecule has 0 aliphatic heterocycles. The highest BCUT2D eigenvalue weighted by Gasteiger charge is 2.65. The number of anilines is 1. The topological polar surface area (TPSA) is 83.5 Å². The van der Waals surface area contributed by atoms with E-state index in [2.05, 4.69) is 0 Å². The van der Waals surface area contributed by atoms with Crippen molar-refractivity contribution in [2.75, 3.05) is 11.1 Å². The minimum Gasteiger partial charge on any atom is -0.379 e. The summed E-state index contributed by atoms with van der Waals surface area (Å²) in [4.78, 5) is 8.40. The maximum Gasteiger partial charge on any atom is 0.416 e. The van der Waals surface area contributed by atoms with Crippen LogP contribution in [0.2, 0.25) is 0 Å². The van der Waals surface area contributed by atoms with Crippen LogP contribution in [0.4, 0.5) is 51.5 Å². The van der Waals surface area contributed by atoms with Crippen molar-refractivity contribution >= 4 is 31.7 Å². The zero-order valence-electron chi connectivity index (χ0n) is 17.4. The number of benzene rings is 2. The van der Waals surface area contributed by atoms with Gasteiger partial charge < -0.3 is 10.4 Å². The first-order chi connectivity index (χ1) is 15.6. The third kappa shape index (κ3) is 7.22. The van der Waals surface area contributed by atoms with Gasteiger partial charge in [-0.2, -0.15) is 26.3 Å². The zero-order valence-corrected chi connectivity index (χ0v) is 19.0. The smallest absolute Gasteiger partial charge is 0.379 e. The van der Waals surface area contributed by atoms with Crippen LogP contribution in [-0.4, -0.2) is 30.8 Å². The number of hydrogen-bond acceptors (Lipinski definition) is 4. The molecular weight excluding hydrogens is 567 g/mol. The Morgan fingerprint density at radius 2 is 1.28 bits per heavy atom. The SMILES string of the molecule is CC(O)(CS(=O)(=O)c1cc(C(F)(F)F)cc(C(F)(F)F)c1)C(=O)Nc1ccc(S(F)(F)(F)(F)F)cc1. The second kappa shape index (κ2) is 7.95. The van der Waals surface area contributed by atoms with Crippen molar-refractivity contribution in [3.8, 4) is 0 Å². The second-order valence-corrected chi connectivity index (χ2v) is 12.1. The van der Waals surface area contributed by atoms with E-state index in [1.54, 1.807) is 5.32 Å². The van der Waals surface area contributed by atoms with Crippen LogP contribution >= 0.6 is 10.2 Å². The van der Waals surface area contributed by atoms with Crippen LogP contribution < -0.4 is 5.32 Å². The standard InChI is InChI=1S/C18H14F11NO4S2/c1-16(32,15(31)30-12-2-4-14(5-3-12)36(25,26,27,28)29)9-35(33,34)13-7-10(17(19,20)21)6-11(8-13)18(22,23)24/h2-8,32H,9H2,1H3,(H,30,31). The number of amides is 1. The Bertz CT molecular complexity index is 1250. The van der Waals surface area contributed by atoms with E-state index >= 15 is 0 Å². The number of sulfone groups is 1. The summed E-state index contributed by atoms with van der Waals surface area (Å²) in [6, 6.07) is -0.154. The summed E-state index contributed by atoms with van der Waals surface area (Å²) < 4.78 is 167. The summed E-state index contributed by atoms with van der Waals surface area (Å²) in [6.45, 7) is 0.501. The Hall–Kier alpha value is -2.60. The van der Waals surface area contributed by atoms with E-state index in [1.165, 1.54) is 0 Å². The molecule has 0 saturated carbocycles. The Morgan fingerprint density at radius 1 is 0.861 bits per heavy atom. The molecular formula is C18H14F11NO4S2. The van der Waals surface area contributed by atoms with Crippen LogP contribution in [0.15, 0.2) is 52.3 Å². The third-order valence-corrected chi connectivity index (χ3v) is 7.50. The lowest BCUT2D eigenvalue weighted by atomic mass is 10.1. The van der Waals surface area contributed by atoms with Gasteiger partial charge in [-0.3, -0.25) is 4.79 Å². The number of halogens is 11. The number of rotatable bonds is 6. The number of aliphatic hydroxyl groups is 1. The van der Waals surface area contributed by atoms with E-state index in [0.29, 0.717) is 19.1 Å². The summed E-state index contributed by atoms with van der Waals surface area (Å²) in [5.41, 5.74) is -7.64. The lowest BCUT2D eigenvalue weighted by Gasteiger charge is -2.40. The van der Waals surface area contributed by atoms with E-state index in [-0.39, 0.29) is 30.3 Å². The first kappa shape index (κ1) is 29.6. The van der Waals surface area contributed by atoms with Crippen molar-refractivity contribution in [2.24, 2.45) is 0 Å². The molecule has 0 saturated heterocycles. The van der Waals surface area contributed by atoms with Crippen LogP contribution in [-0.2, 0) is 27.0 Å². The van der Waals surface area contributed by atoms with Crippen molar-refractivity contribution in [3.63, 3.8) is 0 Å². The average molecular weight is 581 g/mol. The first-order valence-corrected chi connectivity index (χ1v) is 12.6. The summed E-state index contributed by atoms with van der Waals surface area (Å²) in [5.74, 6) is -3.43. The van der Waals surface area contributed by atoms with Gasteiger partial charge in [-0.05, 0) is 49.4 Å². The predicted octanol–water partition coefficient (Wildman–Crippen LogP) is 6.55. The molecule has 36 heavy (non-hydrogen) atoms. The van der Waals surface area contributed by atoms with E-state index in [0.717, 1.165) is 0 Å². The zero-order chi connectivity index (χ0) is 28.2. The van der Waals surface area contributed by atoms with Crippen LogP contribution in [0.25, 0.3) is 0 Å². The summed E-state index contributed by atoms with van der Waals surface area (Å²) in [7, 11) is -15.3. The minimum atomic E-state index is -10.1. The molecule has 2 N–H and O–H groups in total. The normalized spacial score (nSPS) is 17.0. The number of alkyl halides is 6. The fourth-order valence-corrected chi connectivity index (χ4v) is 4.99. The van der Waals surface area contributed by atoms with Crippen molar-refractivity contribution in [1.29, 1.82) is 0 Å². The highest BCUT2D eigenvalue weighted by atomic mass is 32.5. The molecule has 0 radical (unpaired) electrons. The van der Waals surface area contributed by atoms with Crippen molar-refractivity contribution < 1.29 is 64.1 Å². The molecule has 0 aliphatic rings. The van der Waals surface area contributed by atoms with Crippen molar-refractivity contribution in [1.82, 2.24) is 0 Å². The van der Waals surface area contributed by atoms with E-state index in [1.807, 2.05) is 0 Å². The highest BCUT2D eigenvalue weighted by molar-refractivity contribution is 8.45. The number of carbonyl (C=O) groups is 1. The fourth-order valence-electron chi connectivity index (χ4n) is 2.69. The molecule has 5 nitrogen and oxygen atoms in total. The van der Waals surface area contributed by atoms with Gasteiger partial charge in [-0.15, -0.1) is 0 Å². The van der Waals surface area contributed by atoms with Gasteiger partial charge in [0, 0.05) is 5.69 Å². The molecule has 0 aliphatic carbocycles. The first-order valence-electron chi connectivity index (χ1n) is 9.02. The van der Waals surface area contributed by atoms with Crippen molar-refractivity contribution in [3.05, 3.63) is 53.6 Å². The molecule has 0 bridgehead atoms. The van der Waals surface area contributed by atoms with Gasteiger partial charge in [0.05, 0.1) is 21.8 Å². The average Bonchev–Trinajstić information content (AvgIpc) is 2.64. The van der Waals surface area contributed by atoms with Gasteiger partial charge in [0.25, 0.3) is 5.91 Å². The van der Waals surface area contributed by atoms with E-state index < -0.39 is 76.3 Å². The van der Waals surface area contributed by atoms with Gasteiger partial charge in [-0.25, -0.2) is 8.42 Å². The van der Waals surface area contributed by atoms with Crippen molar-refractivity contribution in [2.45, 2.75) is 34.7 Å². The van der Waals surface area contributed by atoms with Gasteiger partial charge in [0.15, 0.2) is 15.4 Å². The molecule has 1 amide bonds. The number of nitrogens with one attached hydrogen (secondary N) is 1. The molecule has 204 valence electrons. The van der Waals surface area contributed by atoms with E-state index in [9.17, 15) is 64.1 Å². The number of carbonyl (C=O) groups excluding carboxylic acids is 1. The molecule has 1 unspecified atom stereocenters. The highest BCUT2D eigenvalue weighted by Crippen LogP contribution is 3.02. The summed E-state index contributed by atoms with van der Waals surface area (Å²) >= 11 is 0. The van der Waals surface area contributed by atoms with Gasteiger partial charge in [0.2, 0.25) is 0 Å². The summed E-state index contributed by atoms with van der Waals surface area (Å²) in [6.07, 6.45) is -10.8. The molecule has 2 rings (SSSR count). The molecule has 0 heterocycles. The number of hydrogen-bond donors (Lipinski definition) is 2. The Balaban J connectivity index is 2.36. The van der Waals surface area contributed by atoms with Crippen LogP contribution in [0.5, 0.6) is 0 Å². The largest absolute Gasteiger partial charge is 0.416 e. The Kier molecular flexibility index (Phi) is 6.54. The molecule has 0 fully saturated rings. The maximum absolute atomic E-state index is 13.0. The molecule has 2 aromatic carbocycles. The van der Waals surface area contributed by atoms with Crippen LogP contribution in [0.3, 0.4) is 0 Å². The second-order valence-electron chi connectivity index (χ2n) is 7.72. The summed E-state index contributed by atoms with van der Waals surface area (Å²) in [5, 5.41) is 12.0. The third-order valence-electron chi connectivity index (χ3n) is 4.44. The quantitative estimate of drug-likeness (QED) is 0.380. The maximum atomic E-state index is 13.0. The van der Waals surface area contributed by atoms with Gasteiger partial charge >= 0.3 is 22.6 Å². The molecule has 1 atom stereocenters. The van der Waals surface area contributed by atoms with Crippen LogP contribution in [0, 0.1) is 0 Å². The molecule has 0 aromatic heterocycles.